The molecule has 0 unspecified atom stereocenters. The fraction of sp³-hybridized carbons (Fsp3) is 0.364. The summed E-state index contributed by atoms with van der Waals surface area (Å²) in [5.74, 6) is 0.826. The van der Waals surface area contributed by atoms with Gasteiger partial charge >= 0.3 is 0 Å². The lowest BCUT2D eigenvalue weighted by Crippen LogP contribution is -2.38. The van der Waals surface area contributed by atoms with Crippen LogP contribution in [0.15, 0.2) is 59.5 Å². The number of benzene rings is 2. The molecule has 3 rings (SSSR count). The molecule has 0 saturated heterocycles. The Morgan fingerprint density at radius 2 is 1.74 bits per heavy atom. The fourth-order valence-corrected chi connectivity index (χ4v) is 4.18. The Morgan fingerprint density at radius 3 is 2.52 bits per heavy atom. The van der Waals surface area contributed by atoms with Gasteiger partial charge in [0.05, 0.1) is 5.69 Å². The first-order valence-electron chi connectivity index (χ1n) is 9.32. The highest BCUT2D eigenvalue weighted by atomic mass is 32.2. The molecule has 0 spiro atoms. The zero-order valence-corrected chi connectivity index (χ0v) is 16.7. The van der Waals surface area contributed by atoms with Crippen LogP contribution in [0, 0.1) is 0 Å². The van der Waals surface area contributed by atoms with Gasteiger partial charge in [-0.25, -0.2) is 0 Å². The van der Waals surface area contributed by atoms with Gasteiger partial charge in [0.2, 0.25) is 11.8 Å². The predicted molar refractivity (Wildman–Crippen MR) is 111 cm³/mol. The van der Waals surface area contributed by atoms with E-state index in [-0.39, 0.29) is 30.1 Å². The third kappa shape index (κ3) is 4.92. The Balaban J connectivity index is 1.50. The quantitative estimate of drug-likeness (QED) is 0.822. The molecular weight excluding hydrogens is 356 g/mol. The molecule has 0 radical (unpaired) electrons. The molecule has 142 valence electrons. The first-order valence-corrected chi connectivity index (χ1v) is 10.3. The lowest BCUT2D eigenvalue weighted by Gasteiger charge is -2.29. The van der Waals surface area contributed by atoms with Gasteiger partial charge in [-0.3, -0.25) is 9.59 Å². The molecule has 0 aromatic heterocycles. The molecule has 1 N–H and O–H groups in total. The van der Waals surface area contributed by atoms with Crippen molar-refractivity contribution in [2.24, 2.45) is 0 Å². The molecule has 1 aliphatic rings. The Kier molecular flexibility index (Phi) is 6.22. The fourth-order valence-electron chi connectivity index (χ4n) is 3.18. The van der Waals surface area contributed by atoms with Gasteiger partial charge in [0.25, 0.3) is 0 Å². The standard InChI is InChI=1S/C22H26N2O2S/c1-22(2,17-8-4-3-5-9-17)16-23-20(25)12-13-21(26)24-14-15-27-19-11-7-6-10-18(19)24/h3-11H,12-16H2,1-2H3,(H,23,25). The number of fused-ring (bicyclic) bond motifs is 1. The highest BCUT2D eigenvalue weighted by Gasteiger charge is 2.24. The number of hydrogen-bond acceptors (Lipinski definition) is 3. The van der Waals surface area contributed by atoms with Crippen LogP contribution >= 0.6 is 11.8 Å². The van der Waals surface area contributed by atoms with Gasteiger partial charge in [-0.1, -0.05) is 56.3 Å². The summed E-state index contributed by atoms with van der Waals surface area (Å²) >= 11 is 1.77. The first kappa shape index (κ1) is 19.5. The van der Waals surface area contributed by atoms with Crippen LogP contribution in [0.25, 0.3) is 0 Å². The van der Waals surface area contributed by atoms with Crippen molar-refractivity contribution in [3.05, 3.63) is 60.2 Å². The van der Waals surface area contributed by atoms with Crippen LogP contribution in [0.1, 0.15) is 32.3 Å². The van der Waals surface area contributed by atoms with E-state index >= 15 is 0 Å². The van der Waals surface area contributed by atoms with Gasteiger partial charge in [-0.05, 0) is 17.7 Å². The SMILES string of the molecule is CC(C)(CNC(=O)CCC(=O)N1CCSc2ccccc21)c1ccccc1. The van der Waals surface area contributed by atoms with Gasteiger partial charge in [0, 0.05) is 42.0 Å². The normalized spacial score (nSPS) is 13.8. The van der Waals surface area contributed by atoms with E-state index in [1.165, 1.54) is 5.56 Å². The summed E-state index contributed by atoms with van der Waals surface area (Å²) in [5, 5.41) is 2.99. The van der Waals surface area contributed by atoms with Crippen molar-refractivity contribution in [3.8, 4) is 0 Å². The van der Waals surface area contributed by atoms with Crippen LogP contribution in [0.4, 0.5) is 5.69 Å². The summed E-state index contributed by atoms with van der Waals surface area (Å²) in [6, 6.07) is 18.1. The van der Waals surface area contributed by atoms with E-state index in [2.05, 4.69) is 31.3 Å². The summed E-state index contributed by atoms with van der Waals surface area (Å²) < 4.78 is 0. The second-order valence-electron chi connectivity index (χ2n) is 7.39. The molecule has 27 heavy (non-hydrogen) atoms. The average Bonchev–Trinajstić information content (AvgIpc) is 2.70. The molecule has 0 atom stereocenters. The van der Waals surface area contributed by atoms with Crippen molar-refractivity contribution in [2.75, 3.05) is 23.7 Å². The van der Waals surface area contributed by atoms with Crippen LogP contribution in [0.3, 0.4) is 0 Å². The maximum Gasteiger partial charge on any atom is 0.227 e. The molecule has 0 fully saturated rings. The van der Waals surface area contributed by atoms with Crippen molar-refractivity contribution >= 4 is 29.3 Å². The molecule has 1 aliphatic heterocycles. The first-order chi connectivity index (χ1) is 13.0. The molecule has 0 aliphatic carbocycles. The summed E-state index contributed by atoms with van der Waals surface area (Å²) in [7, 11) is 0. The number of para-hydroxylation sites is 1. The predicted octanol–water partition coefficient (Wildman–Crippen LogP) is 4.00. The largest absolute Gasteiger partial charge is 0.355 e. The summed E-state index contributed by atoms with van der Waals surface area (Å²) in [6.07, 6.45) is 0.451. The molecule has 2 amide bonds. The van der Waals surface area contributed by atoms with Gasteiger partial charge in [0.15, 0.2) is 0 Å². The van der Waals surface area contributed by atoms with Crippen molar-refractivity contribution in [2.45, 2.75) is 37.0 Å². The molecular formula is C22H26N2O2S. The minimum atomic E-state index is -0.149. The van der Waals surface area contributed by atoms with Crippen LogP contribution in [-0.4, -0.2) is 30.7 Å². The highest BCUT2D eigenvalue weighted by Crippen LogP contribution is 2.34. The van der Waals surface area contributed by atoms with Crippen LogP contribution < -0.4 is 10.2 Å². The Hall–Kier alpha value is -2.27. The number of nitrogens with zero attached hydrogens (tertiary/aromatic N) is 1. The summed E-state index contributed by atoms with van der Waals surface area (Å²) in [6.45, 7) is 5.46. The van der Waals surface area contributed by atoms with Gasteiger partial charge in [-0.15, -0.1) is 11.8 Å². The van der Waals surface area contributed by atoms with Gasteiger partial charge < -0.3 is 10.2 Å². The van der Waals surface area contributed by atoms with E-state index < -0.39 is 0 Å². The van der Waals surface area contributed by atoms with Crippen molar-refractivity contribution in [1.29, 1.82) is 0 Å². The lowest BCUT2D eigenvalue weighted by molar-refractivity contribution is -0.125. The van der Waals surface area contributed by atoms with Crippen LogP contribution in [0.2, 0.25) is 0 Å². The maximum atomic E-state index is 12.6. The molecule has 0 saturated carbocycles. The second kappa shape index (κ2) is 8.61. The smallest absolute Gasteiger partial charge is 0.227 e. The van der Waals surface area contributed by atoms with Crippen molar-refractivity contribution < 1.29 is 9.59 Å². The summed E-state index contributed by atoms with van der Waals surface area (Å²) in [5.41, 5.74) is 2.00. The topological polar surface area (TPSA) is 49.4 Å². The number of carbonyl (C=O) groups excluding carboxylic acids is 2. The minimum absolute atomic E-state index is 0.0141. The molecule has 1 heterocycles. The van der Waals surface area contributed by atoms with Crippen LogP contribution in [-0.2, 0) is 15.0 Å². The second-order valence-corrected chi connectivity index (χ2v) is 8.52. The third-order valence-electron chi connectivity index (χ3n) is 4.88. The number of rotatable bonds is 6. The molecule has 4 nitrogen and oxygen atoms in total. The number of hydrogen-bond donors (Lipinski definition) is 1. The van der Waals surface area contributed by atoms with E-state index in [1.807, 2.05) is 47.4 Å². The van der Waals surface area contributed by atoms with E-state index in [4.69, 9.17) is 0 Å². The van der Waals surface area contributed by atoms with E-state index in [9.17, 15) is 9.59 Å². The number of amides is 2. The Morgan fingerprint density at radius 1 is 1.04 bits per heavy atom. The number of carbonyl (C=O) groups is 2. The lowest BCUT2D eigenvalue weighted by atomic mass is 9.84. The molecule has 5 heteroatoms. The summed E-state index contributed by atoms with van der Waals surface area (Å²) in [4.78, 5) is 27.8. The van der Waals surface area contributed by atoms with Crippen molar-refractivity contribution in [3.63, 3.8) is 0 Å². The number of anilines is 1. The third-order valence-corrected chi connectivity index (χ3v) is 5.92. The Labute approximate surface area is 165 Å². The number of thioether (sulfide) groups is 1. The molecule has 2 aromatic carbocycles. The maximum absolute atomic E-state index is 12.6. The van der Waals surface area contributed by atoms with E-state index in [0.717, 1.165) is 16.3 Å². The van der Waals surface area contributed by atoms with Crippen LogP contribution in [0.5, 0.6) is 0 Å². The zero-order valence-electron chi connectivity index (χ0n) is 15.9. The average molecular weight is 383 g/mol. The van der Waals surface area contributed by atoms with Gasteiger partial charge in [-0.2, -0.15) is 0 Å². The molecule has 0 bridgehead atoms. The van der Waals surface area contributed by atoms with E-state index in [0.29, 0.717) is 13.1 Å². The number of nitrogens with one attached hydrogen (secondary N) is 1. The van der Waals surface area contributed by atoms with E-state index in [1.54, 1.807) is 11.8 Å². The highest BCUT2D eigenvalue weighted by molar-refractivity contribution is 7.99. The zero-order chi connectivity index (χ0) is 19.3. The Bertz CT molecular complexity index is 805. The van der Waals surface area contributed by atoms with Gasteiger partial charge in [0.1, 0.15) is 0 Å². The monoisotopic (exact) mass is 382 g/mol. The van der Waals surface area contributed by atoms with Crippen molar-refractivity contribution in [1.82, 2.24) is 5.32 Å². The minimum Gasteiger partial charge on any atom is -0.355 e. The molecule has 2 aromatic rings.